The van der Waals surface area contributed by atoms with Crippen LogP contribution in [0.5, 0.6) is 5.75 Å². The first-order valence-electron chi connectivity index (χ1n) is 6.20. The number of halogens is 2. The van der Waals surface area contributed by atoms with Crippen molar-refractivity contribution in [2.75, 3.05) is 19.0 Å². The third kappa shape index (κ3) is 3.21. The Morgan fingerprint density at radius 1 is 1.30 bits per heavy atom. The van der Waals surface area contributed by atoms with E-state index < -0.39 is 6.04 Å². The summed E-state index contributed by atoms with van der Waals surface area (Å²) in [6, 6.07) is 11.5. The van der Waals surface area contributed by atoms with Crippen LogP contribution in [-0.2, 0) is 0 Å². The average molecular weight is 295 g/mol. The van der Waals surface area contributed by atoms with Gasteiger partial charge in [-0.3, -0.25) is 0 Å². The molecule has 0 fully saturated rings. The zero-order chi connectivity index (χ0) is 14.5. The zero-order valence-corrected chi connectivity index (χ0v) is 11.8. The van der Waals surface area contributed by atoms with Crippen molar-refractivity contribution >= 4 is 17.3 Å². The molecule has 2 aromatic rings. The Morgan fingerprint density at radius 2 is 2.05 bits per heavy atom. The van der Waals surface area contributed by atoms with Crippen molar-refractivity contribution in [2.24, 2.45) is 5.73 Å². The van der Waals surface area contributed by atoms with Crippen LogP contribution in [0.3, 0.4) is 0 Å². The highest BCUT2D eigenvalue weighted by Crippen LogP contribution is 2.29. The molecule has 0 amide bonds. The molecule has 5 heteroatoms. The summed E-state index contributed by atoms with van der Waals surface area (Å²) in [6.45, 7) is 0.220. The maximum absolute atomic E-state index is 13.9. The minimum absolute atomic E-state index is 0.220. The Kier molecular flexibility index (Phi) is 4.82. The molecule has 0 radical (unpaired) electrons. The molecule has 106 valence electrons. The summed E-state index contributed by atoms with van der Waals surface area (Å²) >= 11 is 6.07. The fourth-order valence-corrected chi connectivity index (χ4v) is 2.30. The molecule has 0 aliphatic rings. The summed E-state index contributed by atoms with van der Waals surface area (Å²) in [5.74, 6) is 0.341. The first-order valence-corrected chi connectivity index (χ1v) is 6.58. The third-order valence-corrected chi connectivity index (χ3v) is 3.32. The van der Waals surface area contributed by atoms with Gasteiger partial charge < -0.3 is 15.8 Å². The molecule has 0 saturated heterocycles. The van der Waals surface area contributed by atoms with E-state index in [1.54, 1.807) is 19.2 Å². The number of nitrogens with one attached hydrogen (secondary N) is 1. The van der Waals surface area contributed by atoms with E-state index in [1.807, 2.05) is 24.3 Å². The van der Waals surface area contributed by atoms with Crippen LogP contribution in [0.25, 0.3) is 0 Å². The van der Waals surface area contributed by atoms with Gasteiger partial charge in [-0.2, -0.15) is 0 Å². The Balaban J connectivity index is 2.29. The number of anilines is 1. The van der Waals surface area contributed by atoms with Crippen molar-refractivity contribution in [1.29, 1.82) is 0 Å². The highest BCUT2D eigenvalue weighted by Gasteiger charge is 2.17. The smallest absolute Gasteiger partial charge is 0.130 e. The molecule has 3 nitrogen and oxygen atoms in total. The van der Waals surface area contributed by atoms with E-state index >= 15 is 0 Å². The minimum Gasteiger partial charge on any atom is -0.497 e. The van der Waals surface area contributed by atoms with Gasteiger partial charge in [0.1, 0.15) is 11.6 Å². The maximum atomic E-state index is 13.9. The van der Waals surface area contributed by atoms with Gasteiger partial charge in [0.05, 0.1) is 13.2 Å². The van der Waals surface area contributed by atoms with Gasteiger partial charge in [0.15, 0.2) is 0 Å². The Hall–Kier alpha value is -1.78. The van der Waals surface area contributed by atoms with E-state index in [-0.39, 0.29) is 12.4 Å². The molecule has 0 bridgehead atoms. The predicted molar refractivity (Wildman–Crippen MR) is 79.8 cm³/mol. The molecule has 2 rings (SSSR count). The van der Waals surface area contributed by atoms with Crippen LogP contribution in [0, 0.1) is 5.82 Å². The number of rotatable bonds is 5. The molecule has 1 unspecified atom stereocenters. The molecule has 2 aromatic carbocycles. The van der Waals surface area contributed by atoms with Crippen molar-refractivity contribution in [1.82, 2.24) is 0 Å². The number of ether oxygens (including phenoxy) is 1. The molecule has 3 N–H and O–H groups in total. The van der Waals surface area contributed by atoms with E-state index in [4.69, 9.17) is 22.1 Å². The van der Waals surface area contributed by atoms with Crippen LogP contribution < -0.4 is 15.8 Å². The first-order chi connectivity index (χ1) is 9.65. The van der Waals surface area contributed by atoms with Gasteiger partial charge in [-0.1, -0.05) is 23.7 Å². The van der Waals surface area contributed by atoms with Gasteiger partial charge in [0.2, 0.25) is 0 Å². The number of hydrogen-bond acceptors (Lipinski definition) is 3. The fourth-order valence-electron chi connectivity index (χ4n) is 2.01. The lowest BCUT2D eigenvalue weighted by Crippen LogP contribution is -2.22. The highest BCUT2D eigenvalue weighted by molar-refractivity contribution is 6.31. The molecule has 0 saturated carbocycles. The summed E-state index contributed by atoms with van der Waals surface area (Å²) in [6.07, 6.45) is 0. The summed E-state index contributed by atoms with van der Waals surface area (Å²) in [7, 11) is 1.59. The Labute approximate surface area is 122 Å². The maximum Gasteiger partial charge on any atom is 0.130 e. The quantitative estimate of drug-likeness (QED) is 0.886. The van der Waals surface area contributed by atoms with Gasteiger partial charge in [-0.15, -0.1) is 0 Å². The summed E-state index contributed by atoms with van der Waals surface area (Å²) in [4.78, 5) is 0. The van der Waals surface area contributed by atoms with Crippen LogP contribution in [0.4, 0.5) is 10.1 Å². The van der Waals surface area contributed by atoms with Crippen molar-refractivity contribution in [2.45, 2.75) is 6.04 Å². The zero-order valence-electron chi connectivity index (χ0n) is 11.1. The SMILES string of the molecule is COc1cccc(NC(CN)c2c(F)cccc2Cl)c1. The second-order valence-corrected chi connectivity index (χ2v) is 4.71. The number of benzene rings is 2. The van der Waals surface area contributed by atoms with Crippen molar-refractivity contribution in [3.8, 4) is 5.75 Å². The van der Waals surface area contributed by atoms with E-state index in [1.165, 1.54) is 6.07 Å². The lowest BCUT2D eigenvalue weighted by Gasteiger charge is -2.20. The van der Waals surface area contributed by atoms with Gasteiger partial charge in [-0.25, -0.2) is 4.39 Å². The van der Waals surface area contributed by atoms with Crippen LogP contribution in [-0.4, -0.2) is 13.7 Å². The lowest BCUT2D eigenvalue weighted by atomic mass is 10.1. The Bertz CT molecular complexity index is 572. The third-order valence-electron chi connectivity index (χ3n) is 2.99. The van der Waals surface area contributed by atoms with E-state index in [0.29, 0.717) is 16.3 Å². The lowest BCUT2D eigenvalue weighted by molar-refractivity contribution is 0.415. The molecular formula is C15H16ClFN2O. The van der Waals surface area contributed by atoms with Crippen molar-refractivity contribution < 1.29 is 9.13 Å². The van der Waals surface area contributed by atoms with Crippen LogP contribution in [0.15, 0.2) is 42.5 Å². The first kappa shape index (κ1) is 14.6. The fraction of sp³-hybridized carbons (Fsp3) is 0.200. The largest absolute Gasteiger partial charge is 0.497 e. The Morgan fingerprint density at radius 3 is 2.70 bits per heavy atom. The predicted octanol–water partition coefficient (Wildman–Crippen LogP) is 3.60. The normalized spacial score (nSPS) is 12.0. The highest BCUT2D eigenvalue weighted by atomic mass is 35.5. The van der Waals surface area contributed by atoms with E-state index in [2.05, 4.69) is 5.32 Å². The monoisotopic (exact) mass is 294 g/mol. The number of hydrogen-bond donors (Lipinski definition) is 2. The molecule has 20 heavy (non-hydrogen) atoms. The number of nitrogens with two attached hydrogens (primary N) is 1. The van der Waals surface area contributed by atoms with E-state index in [9.17, 15) is 4.39 Å². The minimum atomic E-state index is -0.407. The van der Waals surface area contributed by atoms with Crippen LogP contribution >= 0.6 is 11.6 Å². The topological polar surface area (TPSA) is 47.3 Å². The molecule has 0 aliphatic carbocycles. The van der Waals surface area contributed by atoms with Crippen molar-refractivity contribution in [3.05, 3.63) is 58.9 Å². The van der Waals surface area contributed by atoms with Gasteiger partial charge >= 0.3 is 0 Å². The van der Waals surface area contributed by atoms with Crippen molar-refractivity contribution in [3.63, 3.8) is 0 Å². The second-order valence-electron chi connectivity index (χ2n) is 4.30. The van der Waals surface area contributed by atoms with Crippen LogP contribution in [0.2, 0.25) is 5.02 Å². The molecule has 1 atom stereocenters. The molecule has 0 heterocycles. The van der Waals surface area contributed by atoms with Gasteiger partial charge in [-0.05, 0) is 24.3 Å². The summed E-state index contributed by atoms with van der Waals surface area (Å²) in [5.41, 5.74) is 6.91. The van der Waals surface area contributed by atoms with E-state index in [0.717, 1.165) is 5.69 Å². The molecular weight excluding hydrogens is 279 g/mol. The average Bonchev–Trinajstić information content (AvgIpc) is 2.46. The standard InChI is InChI=1S/C15H16ClFN2O/c1-20-11-5-2-4-10(8-11)19-14(9-18)15-12(16)6-3-7-13(15)17/h2-8,14,19H,9,18H2,1H3. The molecule has 0 aromatic heterocycles. The van der Waals surface area contributed by atoms with Crippen LogP contribution in [0.1, 0.15) is 11.6 Å². The molecule has 0 aliphatic heterocycles. The van der Waals surface area contributed by atoms with Gasteiger partial charge in [0.25, 0.3) is 0 Å². The van der Waals surface area contributed by atoms with Gasteiger partial charge in [0, 0.05) is 28.9 Å². The second kappa shape index (κ2) is 6.59. The summed E-state index contributed by atoms with van der Waals surface area (Å²) in [5, 5.41) is 3.53. The molecule has 0 spiro atoms. The number of methoxy groups -OCH3 is 1. The summed E-state index contributed by atoms with van der Waals surface area (Å²) < 4.78 is 19.1.